The number of rotatable bonds is 9. The van der Waals surface area contributed by atoms with Crippen LogP contribution < -0.4 is 10.6 Å². The third-order valence-electron chi connectivity index (χ3n) is 6.75. The summed E-state index contributed by atoms with van der Waals surface area (Å²) in [7, 11) is 1.80. The number of benzene rings is 1. The van der Waals surface area contributed by atoms with E-state index < -0.39 is 0 Å². The van der Waals surface area contributed by atoms with Crippen molar-refractivity contribution in [3.63, 3.8) is 0 Å². The van der Waals surface area contributed by atoms with Crippen molar-refractivity contribution in [2.75, 3.05) is 33.4 Å². The highest BCUT2D eigenvalue weighted by molar-refractivity contribution is 5.80. The van der Waals surface area contributed by atoms with Crippen LogP contribution in [0.3, 0.4) is 0 Å². The minimum atomic E-state index is 0.366. The Morgan fingerprint density at radius 1 is 1.28 bits per heavy atom. The maximum Gasteiger partial charge on any atom is 0.191 e. The van der Waals surface area contributed by atoms with Gasteiger partial charge in [0, 0.05) is 52.0 Å². The zero-order valence-corrected chi connectivity index (χ0v) is 18.6. The molecular weight excluding hydrogens is 360 g/mol. The van der Waals surface area contributed by atoms with Crippen LogP contribution in [0.5, 0.6) is 0 Å². The van der Waals surface area contributed by atoms with Gasteiger partial charge in [0.15, 0.2) is 5.96 Å². The summed E-state index contributed by atoms with van der Waals surface area (Å²) in [5, 5.41) is 7.20. The molecule has 5 nitrogen and oxygen atoms in total. The first-order valence-corrected chi connectivity index (χ1v) is 11.5. The summed E-state index contributed by atoms with van der Waals surface area (Å²) in [5.74, 6) is 0.991. The normalized spacial score (nSPS) is 24.7. The van der Waals surface area contributed by atoms with Crippen LogP contribution in [0.25, 0.3) is 0 Å². The number of methoxy groups -OCH3 is 1. The maximum absolute atomic E-state index is 5.33. The van der Waals surface area contributed by atoms with Crippen molar-refractivity contribution in [1.82, 2.24) is 15.5 Å². The second-order valence-electron chi connectivity index (χ2n) is 8.96. The Bertz CT molecular complexity index is 629. The van der Waals surface area contributed by atoms with Crippen LogP contribution in [0.4, 0.5) is 0 Å². The molecule has 2 aliphatic rings. The van der Waals surface area contributed by atoms with E-state index in [2.05, 4.69) is 59.7 Å². The smallest absolute Gasteiger partial charge is 0.191 e. The fraction of sp³-hybridized carbons (Fsp3) is 0.708. The van der Waals surface area contributed by atoms with Gasteiger partial charge in [0.25, 0.3) is 0 Å². The van der Waals surface area contributed by atoms with Crippen LogP contribution in [0.1, 0.15) is 57.9 Å². The summed E-state index contributed by atoms with van der Waals surface area (Å²) >= 11 is 0. The number of ether oxygens (including phenoxy) is 1. The Kier molecular flexibility index (Phi) is 8.37. The second kappa shape index (κ2) is 11.0. The summed E-state index contributed by atoms with van der Waals surface area (Å²) in [5.41, 5.74) is 1.77. The molecule has 2 fully saturated rings. The molecule has 0 aromatic heterocycles. The van der Waals surface area contributed by atoms with Crippen LogP contribution in [0.2, 0.25) is 0 Å². The first-order valence-electron chi connectivity index (χ1n) is 11.5. The second-order valence-corrected chi connectivity index (χ2v) is 8.96. The van der Waals surface area contributed by atoms with E-state index in [1.807, 2.05) is 0 Å². The third-order valence-corrected chi connectivity index (χ3v) is 6.75. The fourth-order valence-corrected chi connectivity index (χ4v) is 4.65. The van der Waals surface area contributed by atoms with Gasteiger partial charge in [0.05, 0.1) is 0 Å². The summed E-state index contributed by atoms with van der Waals surface area (Å²) in [6.45, 7) is 9.33. The van der Waals surface area contributed by atoms with Crippen LogP contribution in [0.15, 0.2) is 35.3 Å². The van der Waals surface area contributed by atoms with Gasteiger partial charge in [-0.2, -0.15) is 0 Å². The first-order chi connectivity index (χ1) is 14.1. The standard InChI is InChI=1S/C24H40N4O/c1-4-25-23(26-19-24(12-8-13-24)14-16-29-3)27-22-11-15-28(20(2)17-22)18-21-9-6-5-7-10-21/h5-7,9-10,20,22H,4,8,11-19H2,1-3H3,(H2,25,26,27). The zero-order chi connectivity index (χ0) is 20.5. The lowest BCUT2D eigenvalue weighted by atomic mass is 9.67. The molecule has 1 aliphatic heterocycles. The molecule has 0 radical (unpaired) electrons. The fourth-order valence-electron chi connectivity index (χ4n) is 4.65. The lowest BCUT2D eigenvalue weighted by Gasteiger charge is -2.41. The lowest BCUT2D eigenvalue weighted by molar-refractivity contribution is 0.0777. The average Bonchev–Trinajstić information content (AvgIpc) is 2.70. The maximum atomic E-state index is 5.33. The molecule has 1 aliphatic carbocycles. The van der Waals surface area contributed by atoms with Crippen LogP contribution in [-0.4, -0.2) is 56.3 Å². The van der Waals surface area contributed by atoms with Crippen molar-refractivity contribution < 1.29 is 4.74 Å². The molecule has 2 atom stereocenters. The van der Waals surface area contributed by atoms with Gasteiger partial charge in [0.1, 0.15) is 0 Å². The highest BCUT2D eigenvalue weighted by Crippen LogP contribution is 2.44. The SMILES string of the molecule is CCNC(=NCC1(CCOC)CCC1)NC1CCN(Cc2ccccc2)C(C)C1. The van der Waals surface area contributed by atoms with E-state index in [1.165, 1.54) is 24.8 Å². The molecule has 2 unspecified atom stereocenters. The lowest BCUT2D eigenvalue weighted by Crippen LogP contribution is -2.51. The van der Waals surface area contributed by atoms with Crippen molar-refractivity contribution in [2.24, 2.45) is 10.4 Å². The van der Waals surface area contributed by atoms with Crippen molar-refractivity contribution in [1.29, 1.82) is 0 Å². The molecule has 1 aromatic rings. The predicted molar refractivity (Wildman–Crippen MR) is 121 cm³/mol. The Labute approximate surface area is 177 Å². The molecule has 0 bridgehead atoms. The van der Waals surface area contributed by atoms with Gasteiger partial charge in [-0.05, 0) is 56.9 Å². The molecule has 2 N–H and O–H groups in total. The van der Waals surface area contributed by atoms with E-state index in [9.17, 15) is 0 Å². The number of nitrogens with zero attached hydrogens (tertiary/aromatic N) is 2. The van der Waals surface area contributed by atoms with Gasteiger partial charge >= 0.3 is 0 Å². The van der Waals surface area contributed by atoms with Gasteiger partial charge in [-0.1, -0.05) is 36.8 Å². The topological polar surface area (TPSA) is 48.9 Å². The van der Waals surface area contributed by atoms with E-state index in [-0.39, 0.29) is 0 Å². The predicted octanol–water partition coefficient (Wildman–Crippen LogP) is 3.80. The number of aliphatic imine (C=N–C) groups is 1. The number of hydrogen-bond acceptors (Lipinski definition) is 3. The van der Waals surface area contributed by atoms with E-state index in [4.69, 9.17) is 9.73 Å². The molecule has 5 heteroatoms. The summed E-state index contributed by atoms with van der Waals surface area (Å²) in [4.78, 5) is 7.59. The quantitative estimate of drug-likeness (QED) is 0.489. The highest BCUT2D eigenvalue weighted by Gasteiger charge is 2.36. The zero-order valence-electron chi connectivity index (χ0n) is 18.6. The average molecular weight is 401 g/mol. The molecule has 29 heavy (non-hydrogen) atoms. The number of guanidine groups is 1. The van der Waals surface area contributed by atoms with Crippen molar-refractivity contribution in [3.8, 4) is 0 Å². The Morgan fingerprint density at radius 3 is 2.69 bits per heavy atom. The molecule has 3 rings (SSSR count). The highest BCUT2D eigenvalue weighted by atomic mass is 16.5. The van der Waals surface area contributed by atoms with Crippen molar-refractivity contribution in [3.05, 3.63) is 35.9 Å². The summed E-state index contributed by atoms with van der Waals surface area (Å²) < 4.78 is 5.33. The van der Waals surface area contributed by atoms with E-state index >= 15 is 0 Å². The van der Waals surface area contributed by atoms with Gasteiger partial charge in [-0.3, -0.25) is 9.89 Å². The number of hydrogen-bond donors (Lipinski definition) is 2. The van der Waals surface area contributed by atoms with Gasteiger partial charge < -0.3 is 15.4 Å². The van der Waals surface area contributed by atoms with Crippen LogP contribution in [-0.2, 0) is 11.3 Å². The van der Waals surface area contributed by atoms with Gasteiger partial charge in [-0.15, -0.1) is 0 Å². The molecule has 1 aromatic carbocycles. The minimum Gasteiger partial charge on any atom is -0.385 e. The molecule has 1 heterocycles. The molecule has 1 saturated heterocycles. The Balaban J connectivity index is 1.51. The number of piperidine rings is 1. The number of likely N-dealkylation sites (tertiary alicyclic amines) is 1. The third kappa shape index (κ3) is 6.45. The number of nitrogens with one attached hydrogen (secondary N) is 2. The van der Waals surface area contributed by atoms with Crippen LogP contribution in [0, 0.1) is 5.41 Å². The van der Waals surface area contributed by atoms with Crippen molar-refractivity contribution in [2.45, 2.75) is 71.0 Å². The summed E-state index contributed by atoms with van der Waals surface area (Å²) in [6, 6.07) is 11.9. The van der Waals surface area contributed by atoms with Crippen LogP contribution >= 0.6 is 0 Å². The first kappa shape index (κ1) is 22.1. The minimum absolute atomic E-state index is 0.366. The van der Waals surface area contributed by atoms with E-state index in [0.29, 0.717) is 17.5 Å². The molecule has 0 amide bonds. The van der Waals surface area contributed by atoms with E-state index in [0.717, 1.165) is 58.0 Å². The van der Waals surface area contributed by atoms with Gasteiger partial charge in [0.2, 0.25) is 0 Å². The monoisotopic (exact) mass is 400 g/mol. The van der Waals surface area contributed by atoms with E-state index in [1.54, 1.807) is 7.11 Å². The molecule has 162 valence electrons. The molecular formula is C24H40N4O. The summed E-state index contributed by atoms with van der Waals surface area (Å²) in [6.07, 6.45) is 7.35. The largest absolute Gasteiger partial charge is 0.385 e. The Morgan fingerprint density at radius 2 is 2.07 bits per heavy atom. The molecule has 1 saturated carbocycles. The van der Waals surface area contributed by atoms with Crippen molar-refractivity contribution >= 4 is 5.96 Å². The van der Waals surface area contributed by atoms with Gasteiger partial charge in [-0.25, -0.2) is 0 Å². The molecule has 0 spiro atoms. The Hall–Kier alpha value is -1.59.